The molecule has 1 aliphatic rings. The topological polar surface area (TPSA) is 172 Å². The maximum Gasteiger partial charge on any atom is 0.303 e. The number of halogens is 2. The van der Waals surface area contributed by atoms with Gasteiger partial charge in [0, 0.05) is 57.1 Å². The van der Waals surface area contributed by atoms with Crippen LogP contribution in [0.5, 0.6) is 5.75 Å². The van der Waals surface area contributed by atoms with Crippen molar-refractivity contribution in [3.63, 3.8) is 0 Å². The summed E-state index contributed by atoms with van der Waals surface area (Å²) in [5.74, 6) is -3.17. The van der Waals surface area contributed by atoms with Gasteiger partial charge in [0.15, 0.2) is 18.0 Å². The van der Waals surface area contributed by atoms with Crippen molar-refractivity contribution in [3.05, 3.63) is 62.8 Å². The minimum Gasteiger partial charge on any atom is -0.463 e. The molecule has 16 heteroatoms. The minimum atomic E-state index is -1.55. The van der Waals surface area contributed by atoms with E-state index in [0.717, 1.165) is 27.7 Å². The molecule has 1 aromatic heterocycles. The quantitative estimate of drug-likeness (QED) is 0.139. The van der Waals surface area contributed by atoms with E-state index in [-0.39, 0.29) is 21.5 Å². The van der Waals surface area contributed by atoms with E-state index in [0.29, 0.717) is 16.6 Å². The van der Waals surface area contributed by atoms with E-state index in [4.69, 9.17) is 51.6 Å². The summed E-state index contributed by atoms with van der Waals surface area (Å²) in [6.45, 7) is 4.00. The van der Waals surface area contributed by atoms with Gasteiger partial charge in [0.1, 0.15) is 12.7 Å². The summed E-state index contributed by atoms with van der Waals surface area (Å²) < 4.78 is 34.9. The van der Waals surface area contributed by atoms with Crippen LogP contribution in [0.25, 0.3) is 16.6 Å². The predicted molar refractivity (Wildman–Crippen MR) is 153 cm³/mol. The first-order chi connectivity index (χ1) is 20.7. The van der Waals surface area contributed by atoms with Crippen LogP contribution >= 0.6 is 23.2 Å². The molecule has 1 fully saturated rings. The smallest absolute Gasteiger partial charge is 0.303 e. The standard InChI is InChI=1S/C28H26Cl2N2O12/c1-13(33)39-12-23-25(40-14(2)34)26(41-15(3)35)27(42-16(4)36)28(43-23)44-24-20(29)10-19(11-21(24)30)31-8-7-17-9-18(32(37)38)5-6-22(17)31/h5-11,23,25-28H,12H2,1-4H3/t23-,25-,26+,27+,28-/m1/s1. The number of benzene rings is 2. The number of nitrogens with zero attached hydrogens (tertiary/aromatic N) is 2. The summed E-state index contributed by atoms with van der Waals surface area (Å²) in [5, 5.41) is 11.7. The highest BCUT2D eigenvalue weighted by Gasteiger charge is 2.53. The van der Waals surface area contributed by atoms with E-state index < -0.39 is 66.1 Å². The van der Waals surface area contributed by atoms with Crippen molar-refractivity contribution in [1.29, 1.82) is 0 Å². The second-order valence-electron chi connectivity index (χ2n) is 9.61. The summed E-state index contributed by atoms with van der Waals surface area (Å²) in [7, 11) is 0. The maximum absolute atomic E-state index is 12.1. The molecule has 0 amide bonds. The number of hydrogen-bond donors (Lipinski definition) is 0. The zero-order valence-corrected chi connectivity index (χ0v) is 25.2. The fraction of sp³-hybridized carbons (Fsp3) is 0.357. The maximum atomic E-state index is 12.1. The summed E-state index contributed by atoms with van der Waals surface area (Å²) in [4.78, 5) is 58.3. The Labute approximate surface area is 259 Å². The number of carbonyl (C=O) groups is 4. The van der Waals surface area contributed by atoms with Crippen LogP contribution < -0.4 is 4.74 Å². The van der Waals surface area contributed by atoms with Crippen molar-refractivity contribution in [2.75, 3.05) is 6.61 Å². The van der Waals surface area contributed by atoms with E-state index >= 15 is 0 Å². The fourth-order valence-corrected chi connectivity index (χ4v) is 5.23. The van der Waals surface area contributed by atoms with Crippen LogP contribution in [0, 0.1) is 10.1 Å². The molecule has 14 nitrogen and oxygen atoms in total. The Bertz CT molecular complexity index is 1600. The molecule has 0 unspecified atom stereocenters. The van der Waals surface area contributed by atoms with Gasteiger partial charge in [-0.3, -0.25) is 29.3 Å². The van der Waals surface area contributed by atoms with Crippen molar-refractivity contribution >= 4 is 63.7 Å². The first kappa shape index (κ1) is 32.5. The number of nitro groups is 1. The van der Waals surface area contributed by atoms with Gasteiger partial charge in [-0.25, -0.2) is 0 Å². The van der Waals surface area contributed by atoms with Crippen molar-refractivity contribution in [3.8, 4) is 11.4 Å². The van der Waals surface area contributed by atoms with E-state index in [1.165, 1.54) is 24.3 Å². The van der Waals surface area contributed by atoms with Crippen molar-refractivity contribution in [2.24, 2.45) is 0 Å². The summed E-state index contributed by atoms with van der Waals surface area (Å²) in [5.41, 5.74) is 1.05. The minimum absolute atomic E-state index is 0.0101. The zero-order valence-electron chi connectivity index (χ0n) is 23.7. The number of aromatic nitrogens is 1. The van der Waals surface area contributed by atoms with Crippen LogP contribution in [0.1, 0.15) is 27.7 Å². The molecule has 1 saturated heterocycles. The molecule has 0 spiro atoms. The number of non-ortho nitro benzene ring substituents is 1. The lowest BCUT2D eigenvalue weighted by atomic mass is 9.98. The largest absolute Gasteiger partial charge is 0.463 e. The van der Waals surface area contributed by atoms with Crippen LogP contribution in [-0.2, 0) is 42.9 Å². The lowest BCUT2D eigenvalue weighted by Gasteiger charge is -2.44. The molecule has 0 saturated carbocycles. The summed E-state index contributed by atoms with van der Waals surface area (Å²) >= 11 is 13.2. The molecule has 0 N–H and O–H groups in total. The molecule has 234 valence electrons. The Hall–Kier alpha value is -4.40. The van der Waals surface area contributed by atoms with E-state index in [1.54, 1.807) is 22.9 Å². The van der Waals surface area contributed by atoms with E-state index in [9.17, 15) is 29.3 Å². The third-order valence-electron chi connectivity index (χ3n) is 6.33. The Morgan fingerprint density at radius 3 is 2.02 bits per heavy atom. The van der Waals surface area contributed by atoms with Gasteiger partial charge in [-0.1, -0.05) is 23.2 Å². The lowest BCUT2D eigenvalue weighted by molar-refractivity contribution is -0.384. The van der Waals surface area contributed by atoms with Crippen LogP contribution in [0.3, 0.4) is 0 Å². The summed E-state index contributed by atoms with van der Waals surface area (Å²) in [6.07, 6.45) is -5.43. The average molecular weight is 653 g/mol. The first-order valence-corrected chi connectivity index (χ1v) is 13.7. The van der Waals surface area contributed by atoms with Crippen LogP contribution in [0.4, 0.5) is 5.69 Å². The van der Waals surface area contributed by atoms with Gasteiger partial charge in [0.25, 0.3) is 5.69 Å². The highest BCUT2D eigenvalue weighted by Crippen LogP contribution is 2.39. The monoisotopic (exact) mass is 652 g/mol. The fourth-order valence-electron chi connectivity index (χ4n) is 4.67. The Morgan fingerprint density at radius 1 is 0.864 bits per heavy atom. The highest BCUT2D eigenvalue weighted by atomic mass is 35.5. The molecular formula is C28H26Cl2N2O12. The average Bonchev–Trinajstić information content (AvgIpc) is 3.35. The highest BCUT2D eigenvalue weighted by molar-refractivity contribution is 6.37. The Balaban J connectivity index is 1.72. The van der Waals surface area contributed by atoms with Gasteiger partial charge in [-0.2, -0.15) is 0 Å². The van der Waals surface area contributed by atoms with Gasteiger partial charge >= 0.3 is 23.9 Å². The number of rotatable bonds is 9. The molecule has 44 heavy (non-hydrogen) atoms. The number of fused-ring (bicyclic) bond motifs is 1. The van der Waals surface area contributed by atoms with Crippen molar-refractivity contribution in [2.45, 2.75) is 58.4 Å². The van der Waals surface area contributed by atoms with Crippen LogP contribution in [-0.4, -0.2) is 70.7 Å². The van der Waals surface area contributed by atoms with Crippen molar-refractivity contribution < 1.29 is 52.5 Å². The normalized spacial score (nSPS) is 21.3. The molecule has 5 atom stereocenters. The van der Waals surface area contributed by atoms with Gasteiger partial charge in [0.05, 0.1) is 20.5 Å². The summed E-state index contributed by atoms with van der Waals surface area (Å²) in [6, 6.07) is 9.08. The van der Waals surface area contributed by atoms with Crippen molar-refractivity contribution in [1.82, 2.24) is 4.57 Å². The van der Waals surface area contributed by atoms with Crippen LogP contribution in [0.2, 0.25) is 10.0 Å². The Kier molecular flexibility index (Phi) is 9.97. The van der Waals surface area contributed by atoms with Gasteiger partial charge < -0.3 is 33.0 Å². The number of ether oxygens (including phenoxy) is 6. The predicted octanol–water partition coefficient (Wildman–Crippen LogP) is 4.31. The van der Waals surface area contributed by atoms with Gasteiger partial charge in [-0.15, -0.1) is 0 Å². The molecule has 0 aliphatic carbocycles. The number of nitro benzene ring substituents is 1. The number of esters is 4. The molecule has 1 aliphatic heterocycles. The number of hydrogen-bond acceptors (Lipinski definition) is 12. The molecule has 2 aromatic carbocycles. The molecule has 3 aromatic rings. The molecule has 4 rings (SSSR count). The van der Waals surface area contributed by atoms with E-state index in [1.807, 2.05) is 0 Å². The zero-order chi connectivity index (χ0) is 32.3. The molecule has 0 radical (unpaired) electrons. The second-order valence-corrected chi connectivity index (χ2v) is 10.4. The Morgan fingerprint density at radius 2 is 1.45 bits per heavy atom. The van der Waals surface area contributed by atoms with Gasteiger partial charge in [-0.05, 0) is 24.3 Å². The van der Waals surface area contributed by atoms with Crippen LogP contribution in [0.15, 0.2) is 42.6 Å². The van der Waals surface area contributed by atoms with E-state index in [2.05, 4.69) is 0 Å². The molecule has 2 heterocycles. The SMILES string of the molecule is CC(=O)OC[C@H]1O[C@H](Oc2c(Cl)cc(-n3ccc4cc([N+](=O)[O-])ccc43)cc2Cl)[C@@H](OC(C)=O)[C@@H](OC(C)=O)[C@@H]1OC(C)=O. The number of carbonyl (C=O) groups excluding carboxylic acids is 4. The van der Waals surface area contributed by atoms with Gasteiger partial charge in [0.2, 0.25) is 12.4 Å². The molecular weight excluding hydrogens is 627 g/mol. The molecule has 0 bridgehead atoms. The first-order valence-electron chi connectivity index (χ1n) is 13.0. The lowest BCUT2D eigenvalue weighted by Crippen LogP contribution is -2.63. The second kappa shape index (κ2) is 13.5. The third kappa shape index (κ3) is 7.38. The third-order valence-corrected chi connectivity index (χ3v) is 6.89.